The van der Waals surface area contributed by atoms with Gasteiger partial charge in [0.05, 0.1) is 0 Å². The molecule has 1 aromatic rings. The third kappa shape index (κ3) is 3.86. The Balaban J connectivity index is 2.90. The summed E-state index contributed by atoms with van der Waals surface area (Å²) in [5.41, 5.74) is 6.63. The van der Waals surface area contributed by atoms with Crippen molar-refractivity contribution in [3.05, 3.63) is 42.2 Å². The molecule has 0 aliphatic heterocycles. The zero-order valence-corrected chi connectivity index (χ0v) is 10.8. The molecular weight excluding hydrogens is 215 g/mol. The Kier molecular flexibility index (Phi) is 4.29. The van der Waals surface area contributed by atoms with Crippen LogP contribution in [0, 0.1) is 5.82 Å². The van der Waals surface area contributed by atoms with Crippen LogP contribution in [-0.2, 0) is 6.54 Å². The Morgan fingerprint density at radius 3 is 2.53 bits per heavy atom. The molecule has 1 rings (SSSR count). The standard InChI is InChI=1S/C14H21FN2/c1-5-8-17(14(2,3)4)10-11-6-7-12(16)9-13(11)15/h5-7,9H,1,8,10,16H2,2-4H3. The van der Waals surface area contributed by atoms with Gasteiger partial charge in [0, 0.05) is 29.9 Å². The van der Waals surface area contributed by atoms with Gasteiger partial charge in [0.1, 0.15) is 5.82 Å². The molecule has 2 N–H and O–H groups in total. The van der Waals surface area contributed by atoms with Gasteiger partial charge in [0.15, 0.2) is 0 Å². The van der Waals surface area contributed by atoms with E-state index in [4.69, 9.17) is 5.73 Å². The third-order valence-corrected chi connectivity index (χ3v) is 2.74. The molecule has 2 nitrogen and oxygen atoms in total. The van der Waals surface area contributed by atoms with Gasteiger partial charge in [-0.1, -0.05) is 12.1 Å². The number of hydrogen-bond donors (Lipinski definition) is 1. The fraction of sp³-hybridized carbons (Fsp3) is 0.429. The number of halogens is 1. The molecule has 17 heavy (non-hydrogen) atoms. The molecule has 0 aliphatic carbocycles. The second kappa shape index (κ2) is 5.32. The number of hydrogen-bond acceptors (Lipinski definition) is 2. The number of anilines is 1. The lowest BCUT2D eigenvalue weighted by atomic mass is 10.0. The second-order valence-electron chi connectivity index (χ2n) is 5.19. The Hall–Kier alpha value is -1.35. The minimum absolute atomic E-state index is 0.0258. The highest BCUT2D eigenvalue weighted by molar-refractivity contribution is 5.40. The average molecular weight is 236 g/mol. The fourth-order valence-corrected chi connectivity index (χ4v) is 1.63. The van der Waals surface area contributed by atoms with Crippen LogP contribution in [0.5, 0.6) is 0 Å². The predicted molar refractivity (Wildman–Crippen MR) is 71.2 cm³/mol. The normalized spacial score (nSPS) is 11.8. The van der Waals surface area contributed by atoms with Crippen LogP contribution in [-0.4, -0.2) is 17.0 Å². The van der Waals surface area contributed by atoms with E-state index in [1.165, 1.54) is 6.07 Å². The molecule has 0 amide bonds. The van der Waals surface area contributed by atoms with E-state index in [9.17, 15) is 4.39 Å². The zero-order valence-electron chi connectivity index (χ0n) is 10.8. The minimum Gasteiger partial charge on any atom is -0.399 e. The van der Waals surface area contributed by atoms with Crippen LogP contribution in [0.4, 0.5) is 10.1 Å². The molecule has 0 bridgehead atoms. The number of nitrogen functional groups attached to an aromatic ring is 1. The second-order valence-corrected chi connectivity index (χ2v) is 5.19. The zero-order chi connectivity index (χ0) is 13.1. The van der Waals surface area contributed by atoms with Gasteiger partial charge < -0.3 is 5.73 Å². The molecule has 0 spiro atoms. The van der Waals surface area contributed by atoms with E-state index in [0.717, 1.165) is 6.54 Å². The smallest absolute Gasteiger partial charge is 0.129 e. The van der Waals surface area contributed by atoms with Gasteiger partial charge in [0.25, 0.3) is 0 Å². The number of nitrogens with zero attached hydrogens (tertiary/aromatic N) is 1. The lowest BCUT2D eigenvalue weighted by Crippen LogP contribution is -2.41. The molecular formula is C14H21FN2. The van der Waals surface area contributed by atoms with Gasteiger partial charge in [-0.25, -0.2) is 4.39 Å². The summed E-state index contributed by atoms with van der Waals surface area (Å²) in [6, 6.07) is 4.84. The quantitative estimate of drug-likeness (QED) is 0.642. The van der Waals surface area contributed by atoms with Gasteiger partial charge in [-0.2, -0.15) is 0 Å². The van der Waals surface area contributed by atoms with Crippen molar-refractivity contribution in [3.63, 3.8) is 0 Å². The highest BCUT2D eigenvalue weighted by Crippen LogP contribution is 2.20. The van der Waals surface area contributed by atoms with Crippen LogP contribution in [0.1, 0.15) is 26.3 Å². The van der Waals surface area contributed by atoms with Gasteiger partial charge in [-0.05, 0) is 32.9 Å². The maximum absolute atomic E-state index is 13.7. The van der Waals surface area contributed by atoms with E-state index in [1.54, 1.807) is 12.1 Å². The summed E-state index contributed by atoms with van der Waals surface area (Å²) in [6.07, 6.45) is 1.83. The SMILES string of the molecule is C=CCN(Cc1ccc(N)cc1F)C(C)(C)C. The summed E-state index contributed by atoms with van der Waals surface area (Å²) in [5.74, 6) is -0.247. The lowest BCUT2D eigenvalue weighted by Gasteiger charge is -2.35. The molecule has 0 radical (unpaired) electrons. The summed E-state index contributed by atoms with van der Waals surface area (Å²) in [6.45, 7) is 11.3. The van der Waals surface area contributed by atoms with Crippen molar-refractivity contribution >= 4 is 5.69 Å². The van der Waals surface area contributed by atoms with E-state index in [2.05, 4.69) is 32.3 Å². The largest absolute Gasteiger partial charge is 0.399 e. The molecule has 0 aliphatic rings. The molecule has 94 valence electrons. The van der Waals surface area contributed by atoms with E-state index in [0.29, 0.717) is 17.8 Å². The Labute approximate surface area is 103 Å². The van der Waals surface area contributed by atoms with Crippen LogP contribution in [0.25, 0.3) is 0 Å². The summed E-state index contributed by atoms with van der Waals surface area (Å²) in [4.78, 5) is 2.16. The highest BCUT2D eigenvalue weighted by atomic mass is 19.1. The summed E-state index contributed by atoms with van der Waals surface area (Å²) in [7, 11) is 0. The summed E-state index contributed by atoms with van der Waals surface area (Å²) in [5, 5.41) is 0. The number of rotatable bonds is 4. The van der Waals surface area contributed by atoms with Crippen molar-refractivity contribution < 1.29 is 4.39 Å². The van der Waals surface area contributed by atoms with Crippen molar-refractivity contribution in [2.45, 2.75) is 32.9 Å². The van der Waals surface area contributed by atoms with E-state index in [-0.39, 0.29) is 11.4 Å². The van der Waals surface area contributed by atoms with Gasteiger partial charge >= 0.3 is 0 Å². The number of nitrogens with two attached hydrogens (primary N) is 1. The van der Waals surface area contributed by atoms with E-state index >= 15 is 0 Å². The Bertz CT molecular complexity index is 394. The molecule has 1 aromatic carbocycles. The summed E-state index contributed by atoms with van der Waals surface area (Å²) < 4.78 is 13.7. The molecule has 0 atom stereocenters. The fourth-order valence-electron chi connectivity index (χ4n) is 1.63. The first kappa shape index (κ1) is 13.7. The van der Waals surface area contributed by atoms with Crippen LogP contribution in [0.2, 0.25) is 0 Å². The number of benzene rings is 1. The first-order valence-electron chi connectivity index (χ1n) is 5.74. The summed E-state index contributed by atoms with van der Waals surface area (Å²) >= 11 is 0. The van der Waals surface area contributed by atoms with Crippen LogP contribution in [0.3, 0.4) is 0 Å². The maximum Gasteiger partial charge on any atom is 0.129 e. The highest BCUT2D eigenvalue weighted by Gasteiger charge is 2.21. The van der Waals surface area contributed by atoms with Crippen molar-refractivity contribution in [1.29, 1.82) is 0 Å². The van der Waals surface area contributed by atoms with Crippen molar-refractivity contribution in [2.75, 3.05) is 12.3 Å². The minimum atomic E-state index is -0.247. The van der Waals surface area contributed by atoms with Crippen LogP contribution in [0.15, 0.2) is 30.9 Å². The monoisotopic (exact) mass is 236 g/mol. The first-order valence-corrected chi connectivity index (χ1v) is 5.74. The molecule has 0 saturated carbocycles. The topological polar surface area (TPSA) is 29.3 Å². The average Bonchev–Trinajstić information content (AvgIpc) is 2.19. The molecule has 0 unspecified atom stereocenters. The Morgan fingerprint density at radius 1 is 1.41 bits per heavy atom. The molecule has 0 heterocycles. The van der Waals surface area contributed by atoms with Crippen molar-refractivity contribution in [1.82, 2.24) is 4.90 Å². The van der Waals surface area contributed by atoms with Gasteiger partial charge in [-0.15, -0.1) is 6.58 Å². The maximum atomic E-state index is 13.7. The van der Waals surface area contributed by atoms with Crippen molar-refractivity contribution in [2.24, 2.45) is 0 Å². The molecule has 0 aromatic heterocycles. The van der Waals surface area contributed by atoms with Crippen molar-refractivity contribution in [3.8, 4) is 0 Å². The van der Waals surface area contributed by atoms with Crippen LogP contribution < -0.4 is 5.73 Å². The molecule has 0 fully saturated rings. The van der Waals surface area contributed by atoms with E-state index < -0.39 is 0 Å². The van der Waals surface area contributed by atoms with Crippen LogP contribution >= 0.6 is 0 Å². The third-order valence-electron chi connectivity index (χ3n) is 2.74. The van der Waals surface area contributed by atoms with Gasteiger partial charge in [-0.3, -0.25) is 4.90 Å². The molecule has 0 saturated heterocycles. The lowest BCUT2D eigenvalue weighted by molar-refractivity contribution is 0.143. The predicted octanol–water partition coefficient (Wildman–Crippen LogP) is 3.19. The first-order chi connectivity index (χ1) is 7.84. The van der Waals surface area contributed by atoms with Gasteiger partial charge in [0.2, 0.25) is 0 Å². The molecule has 3 heteroatoms. The van der Waals surface area contributed by atoms with E-state index in [1.807, 2.05) is 6.08 Å². The Morgan fingerprint density at radius 2 is 2.06 bits per heavy atom.